The van der Waals surface area contributed by atoms with E-state index < -0.39 is 12.0 Å². The Bertz CT molecular complexity index is 600. The van der Waals surface area contributed by atoms with Gasteiger partial charge in [-0.2, -0.15) is 0 Å². The van der Waals surface area contributed by atoms with Gasteiger partial charge in [0.05, 0.1) is 6.54 Å². The number of hydrogen-bond donors (Lipinski definition) is 1. The van der Waals surface area contributed by atoms with Gasteiger partial charge in [-0.05, 0) is 19.4 Å². The molecule has 0 amide bonds. The van der Waals surface area contributed by atoms with E-state index in [9.17, 15) is 4.79 Å². The standard InChI is InChI=1S/C15H16N2O3.ClH/c18-15(19)14-7-4-8-17(14)10-12-9-13(16-20-12)11-5-2-1-3-6-11;/h1-3,5-6,9,14H,4,7-8,10H2,(H,18,19);1H. The molecule has 0 aliphatic carbocycles. The summed E-state index contributed by atoms with van der Waals surface area (Å²) in [5, 5.41) is 13.2. The first-order valence-corrected chi connectivity index (χ1v) is 6.72. The Hall–Kier alpha value is -1.85. The first-order chi connectivity index (χ1) is 9.74. The summed E-state index contributed by atoms with van der Waals surface area (Å²) in [4.78, 5) is 13.1. The van der Waals surface area contributed by atoms with Crippen LogP contribution in [0.4, 0.5) is 0 Å². The molecule has 6 heteroatoms. The maximum atomic E-state index is 11.1. The summed E-state index contributed by atoms with van der Waals surface area (Å²) in [5.74, 6) is -0.0534. The molecule has 1 unspecified atom stereocenters. The molecule has 1 aromatic carbocycles. The average molecular weight is 309 g/mol. The van der Waals surface area contributed by atoms with Crippen LogP contribution in [-0.4, -0.2) is 33.7 Å². The number of carbonyl (C=O) groups is 1. The van der Waals surface area contributed by atoms with Crippen molar-refractivity contribution in [3.8, 4) is 11.3 Å². The zero-order valence-corrected chi connectivity index (χ0v) is 12.3. The number of nitrogens with zero attached hydrogens (tertiary/aromatic N) is 2. The Labute approximate surface area is 129 Å². The van der Waals surface area contributed by atoms with Crippen LogP contribution in [0.1, 0.15) is 18.6 Å². The molecule has 21 heavy (non-hydrogen) atoms. The SMILES string of the molecule is Cl.O=C(O)C1CCCN1Cc1cc(-c2ccccc2)no1. The van der Waals surface area contributed by atoms with E-state index in [1.165, 1.54) is 0 Å². The maximum absolute atomic E-state index is 11.1. The second kappa shape index (κ2) is 6.74. The predicted octanol–water partition coefficient (Wildman–Crippen LogP) is 2.81. The van der Waals surface area contributed by atoms with Gasteiger partial charge in [0.25, 0.3) is 0 Å². The van der Waals surface area contributed by atoms with Gasteiger partial charge in [-0.15, -0.1) is 12.4 Å². The van der Waals surface area contributed by atoms with Crippen LogP contribution in [0.2, 0.25) is 0 Å². The molecule has 1 saturated heterocycles. The molecular formula is C15H17ClN2O3. The normalized spacial score (nSPS) is 18.4. The van der Waals surface area contributed by atoms with Crippen molar-refractivity contribution in [2.24, 2.45) is 0 Å². The smallest absolute Gasteiger partial charge is 0.320 e. The van der Waals surface area contributed by atoms with Gasteiger partial charge >= 0.3 is 5.97 Å². The number of likely N-dealkylation sites (tertiary alicyclic amines) is 1. The molecule has 1 fully saturated rings. The summed E-state index contributed by atoms with van der Waals surface area (Å²) >= 11 is 0. The zero-order valence-electron chi connectivity index (χ0n) is 11.4. The zero-order chi connectivity index (χ0) is 13.9. The molecular weight excluding hydrogens is 292 g/mol. The van der Waals surface area contributed by atoms with Crippen LogP contribution < -0.4 is 0 Å². The second-order valence-corrected chi connectivity index (χ2v) is 5.01. The van der Waals surface area contributed by atoms with Crippen molar-refractivity contribution in [1.82, 2.24) is 10.1 Å². The number of carboxylic acid groups (broad SMARTS) is 1. The Morgan fingerprint density at radius 1 is 1.38 bits per heavy atom. The molecule has 1 atom stereocenters. The number of benzene rings is 1. The van der Waals surface area contributed by atoms with Crippen LogP contribution >= 0.6 is 12.4 Å². The molecule has 2 aromatic rings. The van der Waals surface area contributed by atoms with Crippen molar-refractivity contribution >= 4 is 18.4 Å². The molecule has 1 aromatic heterocycles. The van der Waals surface area contributed by atoms with E-state index in [-0.39, 0.29) is 12.4 Å². The van der Waals surface area contributed by atoms with Crippen LogP contribution in [0, 0.1) is 0 Å². The van der Waals surface area contributed by atoms with Gasteiger partial charge in [0.15, 0.2) is 5.76 Å². The van der Waals surface area contributed by atoms with Crippen molar-refractivity contribution in [1.29, 1.82) is 0 Å². The first-order valence-electron chi connectivity index (χ1n) is 6.72. The van der Waals surface area contributed by atoms with Gasteiger partial charge in [0, 0.05) is 11.6 Å². The van der Waals surface area contributed by atoms with E-state index >= 15 is 0 Å². The van der Waals surface area contributed by atoms with Crippen molar-refractivity contribution in [3.05, 3.63) is 42.2 Å². The lowest BCUT2D eigenvalue weighted by molar-refractivity contribution is -0.142. The van der Waals surface area contributed by atoms with Crippen LogP contribution in [0.3, 0.4) is 0 Å². The van der Waals surface area contributed by atoms with Crippen molar-refractivity contribution in [2.45, 2.75) is 25.4 Å². The third-order valence-corrected chi connectivity index (χ3v) is 3.64. The number of halogens is 1. The molecule has 1 aliphatic heterocycles. The molecule has 3 rings (SSSR count). The summed E-state index contributed by atoms with van der Waals surface area (Å²) in [5.41, 5.74) is 1.78. The van der Waals surface area contributed by atoms with E-state index in [0.29, 0.717) is 18.7 Å². The lowest BCUT2D eigenvalue weighted by Gasteiger charge is -2.18. The fourth-order valence-corrected chi connectivity index (χ4v) is 2.63. The highest BCUT2D eigenvalue weighted by Crippen LogP contribution is 2.23. The van der Waals surface area contributed by atoms with Gasteiger partial charge in [0.2, 0.25) is 0 Å². The van der Waals surface area contributed by atoms with Crippen molar-refractivity contribution < 1.29 is 14.4 Å². The highest BCUT2D eigenvalue weighted by atomic mass is 35.5. The minimum Gasteiger partial charge on any atom is -0.480 e. The summed E-state index contributed by atoms with van der Waals surface area (Å²) in [7, 11) is 0. The lowest BCUT2D eigenvalue weighted by atomic mass is 10.1. The van der Waals surface area contributed by atoms with Crippen LogP contribution in [0.5, 0.6) is 0 Å². The molecule has 5 nitrogen and oxygen atoms in total. The van der Waals surface area contributed by atoms with Gasteiger partial charge in [0.1, 0.15) is 11.7 Å². The van der Waals surface area contributed by atoms with Gasteiger partial charge in [-0.3, -0.25) is 9.69 Å². The molecule has 0 spiro atoms. The van der Waals surface area contributed by atoms with Gasteiger partial charge in [-0.25, -0.2) is 0 Å². The minimum atomic E-state index is -0.759. The van der Waals surface area contributed by atoms with Crippen molar-refractivity contribution in [3.63, 3.8) is 0 Å². The predicted molar refractivity (Wildman–Crippen MR) is 80.3 cm³/mol. The first kappa shape index (κ1) is 15.5. The van der Waals surface area contributed by atoms with E-state index in [4.69, 9.17) is 9.63 Å². The maximum Gasteiger partial charge on any atom is 0.320 e. The fraction of sp³-hybridized carbons (Fsp3) is 0.333. The quantitative estimate of drug-likeness (QED) is 0.940. The Morgan fingerprint density at radius 3 is 2.86 bits per heavy atom. The van der Waals surface area contributed by atoms with E-state index in [2.05, 4.69) is 5.16 Å². The third-order valence-electron chi connectivity index (χ3n) is 3.64. The summed E-state index contributed by atoms with van der Waals surface area (Å²) in [6, 6.07) is 11.3. The van der Waals surface area contributed by atoms with Gasteiger partial charge in [-0.1, -0.05) is 35.5 Å². The molecule has 2 heterocycles. The number of hydrogen-bond acceptors (Lipinski definition) is 4. The van der Waals surface area contributed by atoms with E-state index in [0.717, 1.165) is 24.2 Å². The summed E-state index contributed by atoms with van der Waals surface area (Å²) in [6.07, 6.45) is 1.62. The molecule has 1 N–H and O–H groups in total. The van der Waals surface area contributed by atoms with Crippen molar-refractivity contribution in [2.75, 3.05) is 6.54 Å². The molecule has 0 radical (unpaired) electrons. The van der Waals surface area contributed by atoms with E-state index in [1.807, 2.05) is 41.3 Å². The molecule has 112 valence electrons. The van der Waals surface area contributed by atoms with Crippen LogP contribution in [0.15, 0.2) is 40.9 Å². The molecule has 0 bridgehead atoms. The van der Waals surface area contributed by atoms with Crippen LogP contribution in [0.25, 0.3) is 11.3 Å². The highest BCUT2D eigenvalue weighted by molar-refractivity contribution is 5.85. The molecule has 0 saturated carbocycles. The van der Waals surface area contributed by atoms with Gasteiger partial charge < -0.3 is 9.63 Å². The third kappa shape index (κ3) is 3.43. The number of aromatic nitrogens is 1. The average Bonchev–Trinajstić information content (AvgIpc) is 3.09. The Morgan fingerprint density at radius 2 is 2.14 bits per heavy atom. The monoisotopic (exact) mass is 308 g/mol. The number of carboxylic acids is 1. The van der Waals surface area contributed by atoms with E-state index in [1.54, 1.807) is 0 Å². The molecule has 1 aliphatic rings. The fourth-order valence-electron chi connectivity index (χ4n) is 2.63. The summed E-state index contributed by atoms with van der Waals surface area (Å²) < 4.78 is 5.32. The highest BCUT2D eigenvalue weighted by Gasteiger charge is 2.31. The Balaban J connectivity index is 0.00000161. The number of aliphatic carboxylic acids is 1. The second-order valence-electron chi connectivity index (χ2n) is 5.01. The Kier molecular flexibility index (Phi) is 4.98. The number of rotatable bonds is 4. The lowest BCUT2D eigenvalue weighted by Crippen LogP contribution is -2.35. The summed E-state index contributed by atoms with van der Waals surface area (Å²) in [6.45, 7) is 1.29. The topological polar surface area (TPSA) is 66.6 Å². The largest absolute Gasteiger partial charge is 0.480 e. The minimum absolute atomic E-state index is 0. The van der Waals surface area contributed by atoms with Crippen LogP contribution in [-0.2, 0) is 11.3 Å².